The van der Waals surface area contributed by atoms with Crippen LogP contribution in [-0.2, 0) is 27.4 Å². The number of esters is 1. The number of tetrazole rings is 1. The van der Waals surface area contributed by atoms with E-state index in [9.17, 15) is 14.4 Å². The number of methoxy groups -OCH3 is 2. The second kappa shape index (κ2) is 10.5. The third-order valence-electron chi connectivity index (χ3n) is 6.59. The number of ether oxygens (including phenoxy) is 2. The van der Waals surface area contributed by atoms with Gasteiger partial charge in [-0.2, -0.15) is 5.21 Å². The maximum absolute atomic E-state index is 13.5. The summed E-state index contributed by atoms with van der Waals surface area (Å²) < 4.78 is 13.9. The number of H-pyrrole nitrogens is 1. The van der Waals surface area contributed by atoms with Gasteiger partial charge in [-0.15, -0.1) is 10.2 Å². The van der Waals surface area contributed by atoms with Gasteiger partial charge in [-0.3, -0.25) is 14.2 Å². The van der Waals surface area contributed by atoms with Crippen molar-refractivity contribution in [2.75, 3.05) is 14.2 Å². The molecule has 3 aromatic heterocycles. The molecular weight excluding hydrogens is 504 g/mol. The van der Waals surface area contributed by atoms with E-state index in [1.54, 1.807) is 18.4 Å². The minimum absolute atomic E-state index is 0.109. The van der Waals surface area contributed by atoms with Crippen LogP contribution in [0.5, 0.6) is 0 Å². The molecule has 5 aromatic rings. The molecule has 1 N–H and O–H groups in total. The second-order valence-corrected chi connectivity index (χ2v) is 8.85. The zero-order chi connectivity index (χ0) is 27.7. The van der Waals surface area contributed by atoms with Crippen molar-refractivity contribution >= 4 is 17.1 Å². The van der Waals surface area contributed by atoms with Gasteiger partial charge in [0.15, 0.2) is 11.2 Å². The minimum atomic E-state index is -0.861. The molecule has 0 aliphatic rings. The van der Waals surface area contributed by atoms with Crippen molar-refractivity contribution in [2.24, 2.45) is 0 Å². The molecule has 0 bridgehead atoms. The van der Waals surface area contributed by atoms with Crippen molar-refractivity contribution in [2.45, 2.75) is 33.2 Å². The molecule has 0 aliphatic heterocycles. The van der Waals surface area contributed by atoms with E-state index in [1.807, 2.05) is 48.5 Å². The highest BCUT2D eigenvalue weighted by Crippen LogP contribution is 2.30. The average molecular weight is 531 g/mol. The fourth-order valence-electron chi connectivity index (χ4n) is 4.50. The lowest BCUT2D eigenvalue weighted by Gasteiger charge is -2.16. The quantitative estimate of drug-likeness (QED) is 0.297. The Balaban J connectivity index is 1.58. The number of hydrogen-bond donors (Lipinski definition) is 1. The molecule has 3 heterocycles. The Hall–Kier alpha value is -4.91. The molecule has 13 heteroatoms. The Bertz CT molecular complexity index is 1770. The molecule has 0 fully saturated rings. The summed E-state index contributed by atoms with van der Waals surface area (Å²) in [5, 5.41) is 14.3. The highest BCUT2D eigenvalue weighted by Gasteiger charge is 2.24. The van der Waals surface area contributed by atoms with Gasteiger partial charge in [0, 0.05) is 19.2 Å². The van der Waals surface area contributed by atoms with Gasteiger partial charge in [-0.05, 0) is 35.8 Å². The maximum Gasteiger partial charge on any atom is 0.335 e. The maximum atomic E-state index is 13.5. The van der Waals surface area contributed by atoms with Gasteiger partial charge in [-0.1, -0.05) is 48.5 Å². The third-order valence-corrected chi connectivity index (χ3v) is 6.59. The fraction of sp³-hybridized carbons (Fsp3) is 0.269. The second-order valence-electron chi connectivity index (χ2n) is 8.85. The molecule has 1 atom stereocenters. The number of aromatic amines is 1. The molecular formula is C26H26N8O5. The summed E-state index contributed by atoms with van der Waals surface area (Å²) in [4.78, 5) is 43.3. The number of hydrogen-bond acceptors (Lipinski definition) is 9. The molecule has 1 unspecified atom stereocenters. The SMILES string of the molecule is COC(=O)Cn1c(=O)n(C(C)OC)c(=O)c2c1nc(C)n2Cc1ccc(-c2ccccc2-c2nn[nH]n2)cc1. The Morgan fingerprint density at radius 1 is 1.03 bits per heavy atom. The summed E-state index contributed by atoms with van der Waals surface area (Å²) in [6, 6.07) is 15.6. The number of rotatable bonds is 8. The molecule has 0 saturated carbocycles. The smallest absolute Gasteiger partial charge is 0.335 e. The van der Waals surface area contributed by atoms with Crippen LogP contribution in [-0.4, -0.2) is 59.5 Å². The Kier molecular flexibility index (Phi) is 6.90. The van der Waals surface area contributed by atoms with Gasteiger partial charge in [0.25, 0.3) is 5.56 Å². The van der Waals surface area contributed by atoms with E-state index in [0.717, 1.165) is 31.4 Å². The standard InChI is InChI=1S/C26H26N8O5/c1-15-27-24-22(25(36)34(16(2)38-3)26(37)33(24)14-21(35)39-4)32(15)13-17-9-11-18(12-10-17)19-7-5-6-8-20(19)23-28-30-31-29-23/h5-12,16H,13-14H2,1-4H3,(H,28,29,30,31). The topological polar surface area (TPSA) is 152 Å². The molecule has 5 rings (SSSR count). The van der Waals surface area contributed by atoms with Crippen LogP contribution < -0.4 is 11.2 Å². The Morgan fingerprint density at radius 3 is 2.38 bits per heavy atom. The van der Waals surface area contributed by atoms with Crippen molar-refractivity contribution in [1.29, 1.82) is 0 Å². The Labute approximate surface area is 221 Å². The van der Waals surface area contributed by atoms with E-state index < -0.39 is 30.0 Å². The van der Waals surface area contributed by atoms with Crippen LogP contribution in [0.4, 0.5) is 0 Å². The number of aromatic nitrogens is 8. The lowest BCUT2D eigenvalue weighted by molar-refractivity contribution is -0.141. The highest BCUT2D eigenvalue weighted by molar-refractivity contribution is 5.80. The van der Waals surface area contributed by atoms with Gasteiger partial charge in [-0.25, -0.2) is 14.3 Å². The summed E-state index contributed by atoms with van der Waals surface area (Å²) in [5.74, 6) is 0.363. The number of carbonyl (C=O) groups is 1. The molecule has 0 aliphatic carbocycles. The zero-order valence-corrected chi connectivity index (χ0v) is 21.8. The number of fused-ring (bicyclic) bond motifs is 1. The summed E-state index contributed by atoms with van der Waals surface area (Å²) in [6.45, 7) is 3.23. The number of benzene rings is 2. The minimum Gasteiger partial charge on any atom is -0.468 e. The number of nitrogens with zero attached hydrogens (tertiary/aromatic N) is 7. The van der Waals surface area contributed by atoms with E-state index in [-0.39, 0.29) is 11.2 Å². The van der Waals surface area contributed by atoms with Gasteiger partial charge in [0.2, 0.25) is 5.82 Å². The van der Waals surface area contributed by atoms with E-state index in [1.165, 1.54) is 14.2 Å². The van der Waals surface area contributed by atoms with E-state index >= 15 is 0 Å². The van der Waals surface area contributed by atoms with Crippen LogP contribution in [0.15, 0.2) is 58.1 Å². The summed E-state index contributed by atoms with van der Waals surface area (Å²) in [5.41, 5.74) is 2.66. The number of nitrogens with one attached hydrogen (secondary N) is 1. The van der Waals surface area contributed by atoms with Crippen molar-refractivity contribution in [3.05, 3.63) is 80.8 Å². The van der Waals surface area contributed by atoms with Crippen molar-refractivity contribution in [3.8, 4) is 22.5 Å². The first kappa shape index (κ1) is 25.7. The predicted molar refractivity (Wildman–Crippen MR) is 141 cm³/mol. The third kappa shape index (κ3) is 4.63. The first-order valence-corrected chi connectivity index (χ1v) is 12.1. The van der Waals surface area contributed by atoms with E-state index in [2.05, 4.69) is 25.6 Å². The molecule has 0 radical (unpaired) electrons. The normalized spacial score (nSPS) is 12.1. The zero-order valence-electron chi connectivity index (χ0n) is 21.8. The van der Waals surface area contributed by atoms with Crippen LogP contribution in [0.25, 0.3) is 33.7 Å². The number of carbonyl (C=O) groups excluding carboxylic acids is 1. The van der Waals surface area contributed by atoms with Gasteiger partial charge in [0.1, 0.15) is 18.6 Å². The monoisotopic (exact) mass is 530 g/mol. The first-order chi connectivity index (χ1) is 18.8. The van der Waals surface area contributed by atoms with Gasteiger partial charge < -0.3 is 14.0 Å². The first-order valence-electron chi connectivity index (χ1n) is 12.1. The molecule has 0 amide bonds. The summed E-state index contributed by atoms with van der Waals surface area (Å²) in [7, 11) is 2.62. The van der Waals surface area contributed by atoms with Crippen molar-refractivity contribution in [1.82, 2.24) is 39.3 Å². The van der Waals surface area contributed by atoms with Gasteiger partial charge >= 0.3 is 11.7 Å². The molecule has 13 nitrogen and oxygen atoms in total. The molecule has 0 saturated heterocycles. The van der Waals surface area contributed by atoms with Crippen LogP contribution in [0.2, 0.25) is 0 Å². The molecule has 2 aromatic carbocycles. The van der Waals surface area contributed by atoms with Crippen LogP contribution in [0.1, 0.15) is 24.5 Å². The van der Waals surface area contributed by atoms with Crippen LogP contribution >= 0.6 is 0 Å². The summed E-state index contributed by atoms with van der Waals surface area (Å²) >= 11 is 0. The Morgan fingerprint density at radius 2 is 1.74 bits per heavy atom. The van der Waals surface area contributed by atoms with Gasteiger partial charge in [0.05, 0.1) is 7.11 Å². The van der Waals surface area contributed by atoms with Crippen LogP contribution in [0, 0.1) is 6.92 Å². The molecule has 0 spiro atoms. The van der Waals surface area contributed by atoms with E-state index in [0.29, 0.717) is 18.2 Å². The number of aryl methyl sites for hydroxylation is 1. The van der Waals surface area contributed by atoms with Crippen molar-refractivity contribution < 1.29 is 14.3 Å². The largest absolute Gasteiger partial charge is 0.468 e. The fourth-order valence-corrected chi connectivity index (χ4v) is 4.50. The summed E-state index contributed by atoms with van der Waals surface area (Å²) in [6.07, 6.45) is -0.861. The predicted octanol–water partition coefficient (Wildman–Crippen LogP) is 1.90. The average Bonchev–Trinajstić information content (AvgIpc) is 3.60. The molecule has 39 heavy (non-hydrogen) atoms. The molecule has 200 valence electrons. The number of imidazole rings is 1. The van der Waals surface area contributed by atoms with Crippen LogP contribution in [0.3, 0.4) is 0 Å². The highest BCUT2D eigenvalue weighted by atomic mass is 16.5. The lowest BCUT2D eigenvalue weighted by atomic mass is 9.98. The van der Waals surface area contributed by atoms with Crippen molar-refractivity contribution in [3.63, 3.8) is 0 Å². The van der Waals surface area contributed by atoms with E-state index in [4.69, 9.17) is 9.47 Å². The lowest BCUT2D eigenvalue weighted by Crippen LogP contribution is -2.43.